The average Bonchev–Trinajstić information content (AvgIpc) is 2.61. The lowest BCUT2D eigenvalue weighted by atomic mass is 9.84. The van der Waals surface area contributed by atoms with Gasteiger partial charge in [-0.3, -0.25) is 4.79 Å². The molecule has 1 aromatic carbocycles. The minimum absolute atomic E-state index is 0.00145. The molecule has 2 aliphatic heterocycles. The summed E-state index contributed by atoms with van der Waals surface area (Å²) in [6, 6.07) is 9.12. The lowest BCUT2D eigenvalue weighted by Gasteiger charge is -2.52. The third-order valence-corrected chi connectivity index (χ3v) is 4.79. The summed E-state index contributed by atoms with van der Waals surface area (Å²) >= 11 is 0. The molecule has 0 bridgehead atoms. The van der Waals surface area contributed by atoms with Gasteiger partial charge in [-0.1, -0.05) is 6.07 Å². The van der Waals surface area contributed by atoms with Gasteiger partial charge in [0, 0.05) is 24.6 Å². The maximum atomic E-state index is 13.7. The first kappa shape index (κ1) is 16.8. The summed E-state index contributed by atoms with van der Waals surface area (Å²) < 4.78 is 25.3. The highest BCUT2D eigenvalue weighted by Gasteiger charge is 2.50. The van der Waals surface area contributed by atoms with Crippen molar-refractivity contribution in [3.05, 3.63) is 54.0 Å². The molecule has 4 rings (SSSR count). The molecule has 0 aliphatic carbocycles. The van der Waals surface area contributed by atoms with Gasteiger partial charge in [-0.15, -0.1) is 0 Å². The van der Waals surface area contributed by atoms with Gasteiger partial charge in [0.1, 0.15) is 17.5 Å². The summed E-state index contributed by atoms with van der Waals surface area (Å²) in [7, 11) is 0. The monoisotopic (exact) mass is 358 g/mol. The molecule has 1 atom stereocenters. The number of ether oxygens (including phenoxy) is 2. The second-order valence-corrected chi connectivity index (χ2v) is 6.77. The van der Waals surface area contributed by atoms with Crippen molar-refractivity contribution in [2.24, 2.45) is 0 Å². The van der Waals surface area contributed by atoms with Crippen LogP contribution in [0.3, 0.4) is 0 Å². The molecule has 26 heavy (non-hydrogen) atoms. The number of aromatic hydroxyl groups is 1. The topological polar surface area (TPSA) is 71.9 Å². The Kier molecular flexibility index (Phi) is 4.24. The van der Waals surface area contributed by atoms with Gasteiger partial charge >= 0.3 is 0 Å². The number of phenols is 1. The Morgan fingerprint density at radius 1 is 1.35 bits per heavy atom. The Bertz CT molecular complexity index is 823. The smallest absolute Gasteiger partial charge is 0.254 e. The zero-order valence-corrected chi connectivity index (χ0v) is 14.1. The molecule has 6 nitrogen and oxygen atoms in total. The summed E-state index contributed by atoms with van der Waals surface area (Å²) in [6.45, 7) is 1.39. The normalized spacial score (nSPS) is 21.3. The predicted octanol–water partition coefficient (Wildman–Crippen LogP) is 2.38. The fourth-order valence-corrected chi connectivity index (χ4v) is 3.53. The van der Waals surface area contributed by atoms with Gasteiger partial charge in [0.15, 0.2) is 5.82 Å². The van der Waals surface area contributed by atoms with Crippen molar-refractivity contribution in [3.8, 4) is 11.6 Å². The van der Waals surface area contributed by atoms with Crippen LogP contribution < -0.4 is 4.74 Å². The van der Waals surface area contributed by atoms with E-state index in [0.717, 1.165) is 0 Å². The molecule has 2 aliphatic rings. The maximum absolute atomic E-state index is 13.7. The molecular weight excluding hydrogens is 339 g/mol. The molecule has 0 saturated carbocycles. The van der Waals surface area contributed by atoms with Gasteiger partial charge in [0.05, 0.1) is 19.7 Å². The third-order valence-electron chi connectivity index (χ3n) is 4.79. The van der Waals surface area contributed by atoms with Crippen molar-refractivity contribution >= 4 is 5.91 Å². The van der Waals surface area contributed by atoms with E-state index in [-0.39, 0.29) is 23.6 Å². The summed E-state index contributed by atoms with van der Waals surface area (Å²) in [5.74, 6) is -0.566. The second-order valence-electron chi connectivity index (χ2n) is 6.77. The highest BCUT2D eigenvalue weighted by atomic mass is 19.1. The third kappa shape index (κ3) is 3.22. The molecule has 1 spiro atoms. The SMILES string of the molecule is O=C(c1cccc(O)c1)N1CC2(C[C@H](Oc3ncccc3F)CCO2)C1. The number of halogens is 1. The molecular formula is C19H19FN2O4. The van der Waals surface area contributed by atoms with E-state index in [1.165, 1.54) is 30.5 Å². The number of carbonyl (C=O) groups is 1. The fraction of sp³-hybridized carbons (Fsp3) is 0.368. The van der Waals surface area contributed by atoms with Crippen LogP contribution in [0.4, 0.5) is 4.39 Å². The van der Waals surface area contributed by atoms with E-state index in [9.17, 15) is 14.3 Å². The van der Waals surface area contributed by atoms with Crippen LogP contribution in [-0.4, -0.2) is 52.3 Å². The first-order valence-corrected chi connectivity index (χ1v) is 8.54. The first-order valence-electron chi connectivity index (χ1n) is 8.54. The molecule has 2 fully saturated rings. The molecule has 1 aromatic heterocycles. The van der Waals surface area contributed by atoms with E-state index in [0.29, 0.717) is 38.1 Å². The van der Waals surface area contributed by atoms with Crippen molar-refractivity contribution in [1.82, 2.24) is 9.88 Å². The number of aromatic nitrogens is 1. The molecule has 136 valence electrons. The van der Waals surface area contributed by atoms with Gasteiger partial charge in [-0.05, 0) is 30.3 Å². The molecule has 7 heteroatoms. The number of hydrogen-bond acceptors (Lipinski definition) is 5. The largest absolute Gasteiger partial charge is 0.508 e. The molecule has 2 saturated heterocycles. The van der Waals surface area contributed by atoms with Crippen LogP contribution in [0.2, 0.25) is 0 Å². The molecule has 1 N–H and O–H groups in total. The van der Waals surface area contributed by atoms with Crippen LogP contribution >= 0.6 is 0 Å². The summed E-state index contributed by atoms with van der Waals surface area (Å²) in [5, 5.41) is 9.53. The van der Waals surface area contributed by atoms with Crippen molar-refractivity contribution in [1.29, 1.82) is 0 Å². The first-order chi connectivity index (χ1) is 12.5. The Hall–Kier alpha value is -2.67. The van der Waals surface area contributed by atoms with Crippen LogP contribution in [-0.2, 0) is 4.74 Å². The van der Waals surface area contributed by atoms with Crippen molar-refractivity contribution in [2.75, 3.05) is 19.7 Å². The van der Waals surface area contributed by atoms with Crippen LogP contribution in [0.5, 0.6) is 11.6 Å². The van der Waals surface area contributed by atoms with Gasteiger partial charge in [-0.2, -0.15) is 0 Å². The number of benzene rings is 1. The number of phenolic OH excluding ortho intramolecular Hbond substituents is 1. The van der Waals surface area contributed by atoms with Crippen molar-refractivity contribution in [2.45, 2.75) is 24.5 Å². The molecule has 1 amide bonds. The minimum Gasteiger partial charge on any atom is -0.508 e. The molecule has 0 unspecified atom stereocenters. The van der Waals surface area contributed by atoms with Crippen LogP contribution in [0, 0.1) is 5.82 Å². The minimum atomic E-state index is -0.484. The summed E-state index contributed by atoms with van der Waals surface area (Å²) in [4.78, 5) is 18.1. The number of rotatable bonds is 3. The van der Waals surface area contributed by atoms with E-state index in [1.807, 2.05) is 0 Å². The predicted molar refractivity (Wildman–Crippen MR) is 90.5 cm³/mol. The highest BCUT2D eigenvalue weighted by Crippen LogP contribution is 2.36. The Balaban J connectivity index is 1.38. The van der Waals surface area contributed by atoms with Gasteiger partial charge in [0.2, 0.25) is 0 Å². The van der Waals surface area contributed by atoms with Crippen molar-refractivity contribution in [3.63, 3.8) is 0 Å². The van der Waals surface area contributed by atoms with Crippen LogP contribution in [0.25, 0.3) is 0 Å². The van der Waals surface area contributed by atoms with E-state index < -0.39 is 11.4 Å². The van der Waals surface area contributed by atoms with Crippen LogP contribution in [0.1, 0.15) is 23.2 Å². The number of nitrogens with zero attached hydrogens (tertiary/aromatic N) is 2. The quantitative estimate of drug-likeness (QED) is 0.912. The lowest BCUT2D eigenvalue weighted by Crippen LogP contribution is -2.67. The Morgan fingerprint density at radius 3 is 2.96 bits per heavy atom. The molecule has 2 aromatic rings. The Labute approximate surface area is 150 Å². The van der Waals surface area contributed by atoms with E-state index in [2.05, 4.69) is 4.98 Å². The number of likely N-dealkylation sites (tertiary alicyclic amines) is 1. The fourth-order valence-electron chi connectivity index (χ4n) is 3.53. The zero-order chi connectivity index (χ0) is 18.1. The van der Waals surface area contributed by atoms with E-state index >= 15 is 0 Å². The Morgan fingerprint density at radius 2 is 2.19 bits per heavy atom. The lowest BCUT2D eigenvalue weighted by molar-refractivity contribution is -0.174. The van der Waals surface area contributed by atoms with Gasteiger partial charge in [-0.25, -0.2) is 9.37 Å². The number of pyridine rings is 1. The molecule has 0 radical (unpaired) electrons. The summed E-state index contributed by atoms with van der Waals surface area (Å²) in [5.41, 5.74) is -0.0141. The number of amides is 1. The van der Waals surface area contributed by atoms with E-state index in [4.69, 9.17) is 9.47 Å². The standard InChI is InChI=1S/C19H19FN2O4/c20-16-5-2-7-21-17(16)26-15-6-8-25-19(10-15)11-22(12-19)18(24)13-3-1-4-14(23)9-13/h1-5,7,9,15,23H,6,8,10-12H2/t15-/m1/s1. The maximum Gasteiger partial charge on any atom is 0.254 e. The van der Waals surface area contributed by atoms with Crippen LogP contribution in [0.15, 0.2) is 42.6 Å². The number of hydrogen-bond donors (Lipinski definition) is 1. The van der Waals surface area contributed by atoms with Gasteiger partial charge < -0.3 is 19.5 Å². The van der Waals surface area contributed by atoms with E-state index in [1.54, 1.807) is 17.0 Å². The highest BCUT2D eigenvalue weighted by molar-refractivity contribution is 5.95. The zero-order valence-electron chi connectivity index (χ0n) is 14.1. The average molecular weight is 358 g/mol. The van der Waals surface area contributed by atoms with Crippen molar-refractivity contribution < 1.29 is 23.8 Å². The molecule has 3 heterocycles. The van der Waals surface area contributed by atoms with Gasteiger partial charge in [0.25, 0.3) is 11.8 Å². The second kappa shape index (κ2) is 6.57. The summed E-state index contributed by atoms with van der Waals surface area (Å²) in [6.07, 6.45) is 2.52. The number of carbonyl (C=O) groups excluding carboxylic acids is 1.